The third-order valence-corrected chi connectivity index (χ3v) is 6.56. The lowest BCUT2D eigenvalue weighted by atomic mass is 10.2. The summed E-state index contributed by atoms with van der Waals surface area (Å²) in [7, 11) is -3.94. The van der Waals surface area contributed by atoms with Crippen LogP contribution in [0.3, 0.4) is 0 Å². The van der Waals surface area contributed by atoms with E-state index in [4.69, 9.17) is 11.6 Å². The highest BCUT2D eigenvalue weighted by atomic mass is 35.5. The van der Waals surface area contributed by atoms with Gasteiger partial charge in [-0.15, -0.1) is 0 Å². The number of sulfone groups is 1. The number of fused-ring (bicyclic) bond motifs is 1. The molecule has 3 aromatic carbocycles. The van der Waals surface area contributed by atoms with E-state index in [0.29, 0.717) is 15.9 Å². The molecule has 8 heteroatoms. The number of aromatic amines is 1. The molecule has 0 fully saturated rings. The maximum atomic E-state index is 13.3. The van der Waals surface area contributed by atoms with Crippen molar-refractivity contribution < 1.29 is 13.2 Å². The predicted molar refractivity (Wildman–Crippen MR) is 117 cm³/mol. The number of carbonyl (C=O) groups is 1. The van der Waals surface area contributed by atoms with E-state index in [-0.39, 0.29) is 15.5 Å². The Morgan fingerprint density at radius 1 is 0.933 bits per heavy atom. The topological polar surface area (TPSA) is 91.4 Å². The van der Waals surface area contributed by atoms with E-state index >= 15 is 0 Å². The molecule has 0 spiro atoms. The number of hydrazone groups is 1. The van der Waals surface area contributed by atoms with Gasteiger partial charge in [0, 0.05) is 15.9 Å². The molecule has 0 atom stereocenters. The van der Waals surface area contributed by atoms with Crippen LogP contribution in [0.25, 0.3) is 10.9 Å². The van der Waals surface area contributed by atoms with Crippen LogP contribution >= 0.6 is 11.6 Å². The normalized spacial score (nSPS) is 11.8. The molecule has 4 aromatic rings. The molecule has 150 valence electrons. The summed E-state index contributed by atoms with van der Waals surface area (Å²) in [4.78, 5) is 15.8. The maximum absolute atomic E-state index is 13.3. The fraction of sp³-hybridized carbons (Fsp3) is 0. The molecule has 0 aliphatic heterocycles. The van der Waals surface area contributed by atoms with Gasteiger partial charge in [-0.3, -0.25) is 4.79 Å². The van der Waals surface area contributed by atoms with Gasteiger partial charge in [-0.2, -0.15) is 5.10 Å². The van der Waals surface area contributed by atoms with E-state index in [1.54, 1.807) is 66.7 Å². The summed E-state index contributed by atoms with van der Waals surface area (Å²) in [5.74, 6) is -0.661. The zero-order valence-corrected chi connectivity index (χ0v) is 17.1. The van der Waals surface area contributed by atoms with Crippen molar-refractivity contribution in [3.8, 4) is 0 Å². The molecule has 6 nitrogen and oxygen atoms in total. The molecule has 30 heavy (non-hydrogen) atoms. The van der Waals surface area contributed by atoms with Crippen molar-refractivity contribution >= 4 is 44.5 Å². The molecule has 1 heterocycles. The van der Waals surface area contributed by atoms with Gasteiger partial charge in [0.1, 0.15) is 10.6 Å². The first kappa shape index (κ1) is 19.9. The smallest absolute Gasteiger partial charge is 0.289 e. The van der Waals surface area contributed by atoms with Crippen LogP contribution in [0.1, 0.15) is 16.1 Å². The van der Waals surface area contributed by atoms with Crippen LogP contribution in [0.2, 0.25) is 5.02 Å². The maximum Gasteiger partial charge on any atom is 0.289 e. The molecule has 1 aromatic heterocycles. The van der Waals surface area contributed by atoms with Crippen LogP contribution in [0.4, 0.5) is 0 Å². The highest BCUT2D eigenvalue weighted by Gasteiger charge is 2.29. The second-order valence-electron chi connectivity index (χ2n) is 6.44. The van der Waals surface area contributed by atoms with Gasteiger partial charge in [-0.25, -0.2) is 13.8 Å². The Bertz CT molecular complexity index is 1350. The number of nitrogens with zero attached hydrogens (tertiary/aromatic N) is 1. The summed E-state index contributed by atoms with van der Waals surface area (Å²) in [6, 6.07) is 21.7. The molecule has 0 radical (unpaired) electrons. The number of carbonyl (C=O) groups excluding carboxylic acids is 1. The SMILES string of the molecule is O=C(NN=Cc1ccc(Cl)cc1)c1[nH]c2ccccc2c1S(=O)(=O)c1ccccc1. The number of aromatic nitrogens is 1. The molecule has 0 unspecified atom stereocenters. The Kier molecular flexibility index (Phi) is 5.39. The highest BCUT2D eigenvalue weighted by Crippen LogP contribution is 2.31. The first-order valence-corrected chi connectivity index (χ1v) is 10.8. The number of nitrogens with one attached hydrogen (secondary N) is 2. The summed E-state index contributed by atoms with van der Waals surface area (Å²) in [5.41, 5.74) is 3.58. The molecule has 2 N–H and O–H groups in total. The predicted octanol–water partition coefficient (Wildman–Crippen LogP) is 4.42. The van der Waals surface area contributed by atoms with Gasteiger partial charge in [0.05, 0.1) is 11.1 Å². The van der Waals surface area contributed by atoms with Gasteiger partial charge < -0.3 is 4.98 Å². The third kappa shape index (κ3) is 3.85. The Labute approximate surface area is 178 Å². The Balaban J connectivity index is 1.73. The van der Waals surface area contributed by atoms with Crippen molar-refractivity contribution in [2.24, 2.45) is 5.10 Å². The van der Waals surface area contributed by atoms with E-state index < -0.39 is 15.7 Å². The van der Waals surface area contributed by atoms with Gasteiger partial charge >= 0.3 is 0 Å². The zero-order chi connectivity index (χ0) is 21.1. The number of para-hydroxylation sites is 1. The quantitative estimate of drug-likeness (QED) is 0.357. The van der Waals surface area contributed by atoms with Crippen molar-refractivity contribution in [1.82, 2.24) is 10.4 Å². The molecule has 0 bridgehead atoms. The number of rotatable bonds is 5. The van der Waals surface area contributed by atoms with E-state index in [1.165, 1.54) is 18.3 Å². The average molecular weight is 438 g/mol. The molecule has 0 aliphatic carbocycles. The van der Waals surface area contributed by atoms with Crippen molar-refractivity contribution in [2.75, 3.05) is 0 Å². The van der Waals surface area contributed by atoms with E-state index in [0.717, 1.165) is 5.56 Å². The first-order chi connectivity index (χ1) is 14.5. The minimum absolute atomic E-state index is 0.0756. The lowest BCUT2D eigenvalue weighted by molar-refractivity contribution is 0.0947. The summed E-state index contributed by atoms with van der Waals surface area (Å²) in [6.45, 7) is 0. The molecular formula is C22H16ClN3O3S. The molecule has 4 rings (SSSR count). The summed E-state index contributed by atoms with van der Waals surface area (Å²) < 4.78 is 26.6. The number of amides is 1. The van der Waals surface area contributed by atoms with Crippen molar-refractivity contribution in [3.63, 3.8) is 0 Å². The van der Waals surface area contributed by atoms with Gasteiger partial charge in [-0.05, 0) is 35.9 Å². The third-order valence-electron chi connectivity index (χ3n) is 4.46. The minimum atomic E-state index is -3.94. The van der Waals surface area contributed by atoms with Crippen LogP contribution in [0.5, 0.6) is 0 Å². The van der Waals surface area contributed by atoms with Crippen LogP contribution < -0.4 is 5.43 Å². The van der Waals surface area contributed by atoms with Crippen LogP contribution in [-0.2, 0) is 9.84 Å². The first-order valence-electron chi connectivity index (χ1n) is 8.96. The van der Waals surface area contributed by atoms with Crippen molar-refractivity contribution in [3.05, 3.63) is 95.1 Å². The van der Waals surface area contributed by atoms with Crippen LogP contribution in [0, 0.1) is 0 Å². The van der Waals surface area contributed by atoms with E-state index in [9.17, 15) is 13.2 Å². The summed E-state index contributed by atoms with van der Waals surface area (Å²) in [5, 5.41) is 4.96. The summed E-state index contributed by atoms with van der Waals surface area (Å²) >= 11 is 5.85. The lowest BCUT2D eigenvalue weighted by Gasteiger charge is -2.06. The fourth-order valence-electron chi connectivity index (χ4n) is 3.04. The Morgan fingerprint density at radius 2 is 1.60 bits per heavy atom. The standard InChI is InChI=1S/C22H16ClN3O3S/c23-16-12-10-15(11-13-16)14-24-26-22(27)20-21(18-8-4-5-9-19(18)25-20)30(28,29)17-6-2-1-3-7-17/h1-14,25H,(H,26,27). The monoisotopic (exact) mass is 437 g/mol. The van der Waals surface area contributed by atoms with E-state index in [2.05, 4.69) is 15.5 Å². The average Bonchev–Trinajstić information content (AvgIpc) is 3.16. The van der Waals surface area contributed by atoms with Gasteiger partial charge in [0.25, 0.3) is 5.91 Å². The van der Waals surface area contributed by atoms with Gasteiger partial charge in [0.2, 0.25) is 9.84 Å². The molecule has 1 amide bonds. The highest BCUT2D eigenvalue weighted by molar-refractivity contribution is 7.91. The number of hydrogen-bond donors (Lipinski definition) is 2. The minimum Gasteiger partial charge on any atom is -0.349 e. The van der Waals surface area contributed by atoms with Crippen LogP contribution in [0.15, 0.2) is 93.8 Å². The zero-order valence-electron chi connectivity index (χ0n) is 15.5. The largest absolute Gasteiger partial charge is 0.349 e. The Morgan fingerprint density at radius 3 is 2.33 bits per heavy atom. The molecule has 0 aliphatic rings. The molecule has 0 saturated heterocycles. The second kappa shape index (κ2) is 8.14. The number of hydrogen-bond acceptors (Lipinski definition) is 4. The van der Waals surface area contributed by atoms with Gasteiger partial charge in [-0.1, -0.05) is 60.1 Å². The number of benzene rings is 3. The van der Waals surface area contributed by atoms with Crippen LogP contribution in [-0.4, -0.2) is 25.5 Å². The number of H-pyrrole nitrogens is 1. The second-order valence-corrected chi connectivity index (χ2v) is 8.76. The molecule has 0 saturated carbocycles. The number of halogens is 1. The Hall–Kier alpha value is -3.42. The van der Waals surface area contributed by atoms with Gasteiger partial charge in [0.15, 0.2) is 0 Å². The molecular weight excluding hydrogens is 422 g/mol. The van der Waals surface area contributed by atoms with Crippen molar-refractivity contribution in [1.29, 1.82) is 0 Å². The van der Waals surface area contributed by atoms with Crippen molar-refractivity contribution in [2.45, 2.75) is 9.79 Å². The van der Waals surface area contributed by atoms with E-state index in [1.807, 2.05) is 0 Å². The lowest BCUT2D eigenvalue weighted by Crippen LogP contribution is -2.20. The summed E-state index contributed by atoms with van der Waals surface area (Å²) in [6.07, 6.45) is 1.45. The fourth-order valence-corrected chi connectivity index (χ4v) is 4.80.